The number of phenols is 2. The van der Waals surface area contributed by atoms with E-state index in [4.69, 9.17) is 0 Å². The van der Waals surface area contributed by atoms with Gasteiger partial charge in [-0.2, -0.15) is 0 Å². The van der Waals surface area contributed by atoms with E-state index in [-0.39, 0.29) is 23.3 Å². The molecule has 0 fully saturated rings. The molecule has 0 saturated carbocycles. The highest BCUT2D eigenvalue weighted by molar-refractivity contribution is 6.33. The van der Waals surface area contributed by atoms with Crippen LogP contribution in [0.5, 0.6) is 11.5 Å². The molecule has 5 rings (SSSR count). The molecule has 5 aromatic carbocycles. The third-order valence-corrected chi connectivity index (χ3v) is 5.52. The molecule has 0 bridgehead atoms. The fourth-order valence-electron chi connectivity index (χ4n) is 4.40. The minimum absolute atomic E-state index is 0.131. The Morgan fingerprint density at radius 2 is 1.38 bits per heavy atom. The van der Waals surface area contributed by atoms with Crippen molar-refractivity contribution in [3.8, 4) is 11.5 Å². The van der Waals surface area contributed by atoms with Crippen molar-refractivity contribution in [2.24, 2.45) is 0 Å². The summed E-state index contributed by atoms with van der Waals surface area (Å²) in [7, 11) is 0. The van der Waals surface area contributed by atoms with Gasteiger partial charge >= 0.3 is 0 Å². The molecule has 0 spiro atoms. The second-order valence-electron chi connectivity index (χ2n) is 7.32. The number of phenolic OH excluding ortho intramolecular Hbond substituents is 2. The van der Waals surface area contributed by atoms with Crippen LogP contribution in [0.3, 0.4) is 0 Å². The van der Waals surface area contributed by atoms with Gasteiger partial charge in [0.15, 0.2) is 0 Å². The topological polar surface area (TPSA) is 77.8 Å². The summed E-state index contributed by atoms with van der Waals surface area (Å²) < 4.78 is 0. The van der Waals surface area contributed by atoms with E-state index < -0.39 is 0 Å². The van der Waals surface area contributed by atoms with Crippen LogP contribution in [-0.2, 0) is 9.59 Å². The molecular formula is C24H17NO4. The number of hydrogen-bond donors (Lipinski definition) is 2. The molecule has 0 aliphatic carbocycles. The molecule has 2 N–H and O–H groups in total. The van der Waals surface area contributed by atoms with Crippen LogP contribution in [0.2, 0.25) is 0 Å². The lowest BCUT2D eigenvalue weighted by molar-refractivity contribution is -0.124. The van der Waals surface area contributed by atoms with Gasteiger partial charge in [0.2, 0.25) is 11.8 Å². The van der Waals surface area contributed by atoms with Gasteiger partial charge in [0.05, 0.1) is 5.69 Å². The molecule has 5 nitrogen and oxygen atoms in total. The average molecular weight is 383 g/mol. The number of fused-ring (bicyclic) bond motifs is 2. The molecular weight excluding hydrogens is 366 g/mol. The molecule has 0 aromatic heterocycles. The number of carbonyl (C=O) groups is 2. The van der Waals surface area contributed by atoms with Gasteiger partial charge in [-0.15, -0.1) is 0 Å². The molecule has 29 heavy (non-hydrogen) atoms. The second-order valence-corrected chi connectivity index (χ2v) is 7.32. The van der Waals surface area contributed by atoms with E-state index in [0.29, 0.717) is 16.5 Å². The number of imide groups is 1. The first-order valence-corrected chi connectivity index (χ1v) is 9.24. The maximum Gasteiger partial charge on any atom is 0.230 e. The number of carbonyl (C=O) groups excluding carboxylic acids is 2. The van der Waals surface area contributed by atoms with Crippen LogP contribution in [0, 0.1) is 0 Å². The molecule has 0 aliphatic rings. The van der Waals surface area contributed by atoms with Crippen LogP contribution in [0.25, 0.3) is 43.1 Å². The molecule has 5 heteroatoms. The second kappa shape index (κ2) is 5.82. The number of hydrogen-bond acceptors (Lipinski definition) is 4. The lowest BCUT2D eigenvalue weighted by Crippen LogP contribution is -2.33. The zero-order chi connectivity index (χ0) is 20.4. The highest BCUT2D eigenvalue weighted by Gasteiger charge is 2.23. The Morgan fingerprint density at radius 1 is 0.690 bits per heavy atom. The maximum absolute atomic E-state index is 12.3. The quantitative estimate of drug-likeness (QED) is 0.314. The van der Waals surface area contributed by atoms with E-state index in [0.717, 1.165) is 37.2 Å². The zero-order valence-corrected chi connectivity index (χ0v) is 15.9. The van der Waals surface area contributed by atoms with Crippen molar-refractivity contribution in [2.45, 2.75) is 13.8 Å². The predicted octanol–water partition coefficient (Wildman–Crippen LogP) is 5.05. The Labute approximate surface area is 165 Å². The summed E-state index contributed by atoms with van der Waals surface area (Å²) in [5.74, 6) is -0.431. The molecule has 142 valence electrons. The molecule has 0 radical (unpaired) electrons. The van der Waals surface area contributed by atoms with Crippen LogP contribution < -0.4 is 4.90 Å². The van der Waals surface area contributed by atoms with Crippen molar-refractivity contribution in [1.29, 1.82) is 0 Å². The van der Waals surface area contributed by atoms with Crippen molar-refractivity contribution in [1.82, 2.24) is 0 Å². The number of rotatable bonds is 1. The number of aromatic hydroxyl groups is 2. The Bertz CT molecular complexity index is 1470. The summed E-state index contributed by atoms with van der Waals surface area (Å²) >= 11 is 0. The average Bonchev–Trinajstić information content (AvgIpc) is 2.67. The first kappa shape index (κ1) is 17.3. The summed E-state index contributed by atoms with van der Waals surface area (Å²) in [6.07, 6.45) is 0. The number of benzene rings is 5. The van der Waals surface area contributed by atoms with Crippen molar-refractivity contribution < 1.29 is 19.8 Å². The van der Waals surface area contributed by atoms with Gasteiger partial charge in [-0.05, 0) is 69.4 Å². The van der Waals surface area contributed by atoms with E-state index in [9.17, 15) is 19.8 Å². The fourth-order valence-corrected chi connectivity index (χ4v) is 4.40. The highest BCUT2D eigenvalue weighted by atomic mass is 16.3. The van der Waals surface area contributed by atoms with Crippen LogP contribution in [0.4, 0.5) is 5.69 Å². The molecule has 2 amide bonds. The Morgan fingerprint density at radius 3 is 2.10 bits per heavy atom. The van der Waals surface area contributed by atoms with Gasteiger partial charge in [-0.25, -0.2) is 0 Å². The molecule has 0 unspecified atom stereocenters. The van der Waals surface area contributed by atoms with E-state index in [1.165, 1.54) is 13.8 Å². The summed E-state index contributed by atoms with van der Waals surface area (Å²) in [4.78, 5) is 25.7. The molecule has 0 heterocycles. The summed E-state index contributed by atoms with van der Waals surface area (Å²) in [6, 6.07) is 16.1. The number of anilines is 1. The van der Waals surface area contributed by atoms with Crippen LogP contribution in [-0.4, -0.2) is 22.0 Å². The van der Waals surface area contributed by atoms with Crippen molar-refractivity contribution >= 4 is 60.6 Å². The van der Waals surface area contributed by atoms with Crippen LogP contribution >= 0.6 is 0 Å². The fraction of sp³-hybridized carbons (Fsp3) is 0.0833. The monoisotopic (exact) mass is 383 g/mol. The largest absolute Gasteiger partial charge is 0.508 e. The van der Waals surface area contributed by atoms with E-state index >= 15 is 0 Å². The first-order chi connectivity index (χ1) is 13.9. The smallest absolute Gasteiger partial charge is 0.230 e. The van der Waals surface area contributed by atoms with Crippen molar-refractivity contribution in [3.05, 3.63) is 54.6 Å². The zero-order valence-electron chi connectivity index (χ0n) is 15.9. The van der Waals surface area contributed by atoms with E-state index in [2.05, 4.69) is 0 Å². The van der Waals surface area contributed by atoms with E-state index in [1.807, 2.05) is 30.3 Å². The Balaban J connectivity index is 2.07. The number of amides is 2. The van der Waals surface area contributed by atoms with Crippen molar-refractivity contribution in [2.75, 3.05) is 4.90 Å². The van der Waals surface area contributed by atoms with Gasteiger partial charge in [0, 0.05) is 30.0 Å². The first-order valence-electron chi connectivity index (χ1n) is 9.24. The minimum atomic E-state index is -0.369. The Hall–Kier alpha value is -3.86. The summed E-state index contributed by atoms with van der Waals surface area (Å²) in [6.45, 7) is 2.72. The normalized spacial score (nSPS) is 11.7. The standard InChI is InChI=1S/C24H17NO4/c1-12(26)25(13(2)27)21-10-15-9-14-3-4-16(28)11-20(14)17-5-6-19-22(29)8-7-18(21)24(19)23(15)17/h3-11,28-29H,1-2H3. The third-order valence-electron chi connectivity index (χ3n) is 5.52. The van der Waals surface area contributed by atoms with Gasteiger partial charge in [0.1, 0.15) is 11.5 Å². The van der Waals surface area contributed by atoms with Crippen LogP contribution in [0.15, 0.2) is 54.6 Å². The maximum atomic E-state index is 12.3. The van der Waals surface area contributed by atoms with Crippen LogP contribution in [0.1, 0.15) is 13.8 Å². The van der Waals surface area contributed by atoms with Gasteiger partial charge < -0.3 is 10.2 Å². The predicted molar refractivity (Wildman–Crippen MR) is 115 cm³/mol. The van der Waals surface area contributed by atoms with Gasteiger partial charge in [-0.3, -0.25) is 14.5 Å². The van der Waals surface area contributed by atoms with Gasteiger partial charge in [-0.1, -0.05) is 12.1 Å². The summed E-state index contributed by atoms with van der Waals surface area (Å²) in [5.41, 5.74) is 0.494. The third kappa shape index (κ3) is 2.34. The van der Waals surface area contributed by atoms with Crippen molar-refractivity contribution in [3.63, 3.8) is 0 Å². The number of nitrogens with zero attached hydrogens (tertiary/aromatic N) is 1. The summed E-state index contributed by atoms with van der Waals surface area (Å²) in [5, 5.41) is 27.1. The lowest BCUT2D eigenvalue weighted by atomic mass is 9.89. The molecule has 0 aliphatic heterocycles. The van der Waals surface area contributed by atoms with E-state index in [1.54, 1.807) is 24.3 Å². The Kier molecular flexibility index (Phi) is 3.46. The minimum Gasteiger partial charge on any atom is -0.508 e. The van der Waals surface area contributed by atoms with Gasteiger partial charge in [0.25, 0.3) is 0 Å². The molecule has 0 atom stereocenters. The molecule has 5 aromatic rings. The highest BCUT2D eigenvalue weighted by Crippen LogP contribution is 2.45. The lowest BCUT2D eigenvalue weighted by Gasteiger charge is -2.22. The molecule has 0 saturated heterocycles. The SMILES string of the molecule is CC(=O)N(C(C)=O)c1cc2cc3ccc(O)cc3c3ccc4c(O)ccc1c4c23.